The van der Waals surface area contributed by atoms with E-state index in [1.807, 2.05) is 6.20 Å². The lowest BCUT2D eigenvalue weighted by Crippen LogP contribution is -2.26. The van der Waals surface area contributed by atoms with Crippen molar-refractivity contribution in [2.75, 3.05) is 5.75 Å². The fourth-order valence-electron chi connectivity index (χ4n) is 2.36. The molecule has 17 heavy (non-hydrogen) atoms. The topological polar surface area (TPSA) is 24.9 Å². The highest BCUT2D eigenvalue weighted by Gasteiger charge is 2.23. The van der Waals surface area contributed by atoms with E-state index in [4.69, 9.17) is 0 Å². The second-order valence-corrected chi connectivity index (χ2v) is 6.37. The Morgan fingerprint density at radius 3 is 3.00 bits per heavy atom. The molecule has 1 aromatic rings. The minimum Gasteiger partial charge on any atom is -0.308 e. The molecular weight excluding hydrogens is 228 g/mol. The van der Waals surface area contributed by atoms with Crippen LogP contribution >= 0.6 is 11.8 Å². The maximum atomic E-state index is 4.43. The number of nitrogens with zero attached hydrogens (tertiary/aromatic N) is 1. The molecule has 0 aliphatic heterocycles. The molecule has 2 atom stereocenters. The summed E-state index contributed by atoms with van der Waals surface area (Å²) < 4.78 is 0. The molecule has 1 heterocycles. The van der Waals surface area contributed by atoms with Crippen molar-refractivity contribution >= 4 is 11.8 Å². The molecule has 0 spiro atoms. The molecule has 2 unspecified atom stereocenters. The smallest absolute Gasteiger partial charge is 0.0541 e. The van der Waals surface area contributed by atoms with E-state index in [1.165, 1.54) is 30.6 Å². The number of pyridine rings is 1. The summed E-state index contributed by atoms with van der Waals surface area (Å²) in [6.07, 6.45) is 5.97. The van der Waals surface area contributed by atoms with Crippen molar-refractivity contribution in [2.24, 2.45) is 0 Å². The van der Waals surface area contributed by atoms with Crippen LogP contribution in [0.4, 0.5) is 0 Å². The van der Waals surface area contributed by atoms with Crippen molar-refractivity contribution < 1.29 is 0 Å². The zero-order chi connectivity index (χ0) is 12.1. The maximum Gasteiger partial charge on any atom is 0.0541 e. The van der Waals surface area contributed by atoms with Gasteiger partial charge >= 0.3 is 0 Å². The molecule has 0 radical (unpaired) electrons. The first-order valence-electron chi connectivity index (χ1n) is 6.54. The van der Waals surface area contributed by atoms with Gasteiger partial charge in [0.05, 0.1) is 5.69 Å². The third-order valence-corrected chi connectivity index (χ3v) is 4.56. The Morgan fingerprint density at radius 2 is 2.29 bits per heavy atom. The summed E-state index contributed by atoms with van der Waals surface area (Å²) in [5.74, 6) is 1.25. The summed E-state index contributed by atoms with van der Waals surface area (Å²) in [6.45, 7) is 5.24. The van der Waals surface area contributed by atoms with Gasteiger partial charge in [0, 0.05) is 24.0 Å². The first-order chi connectivity index (χ1) is 8.28. The third-order valence-electron chi connectivity index (χ3n) is 3.33. The Kier molecular flexibility index (Phi) is 4.86. The quantitative estimate of drug-likeness (QED) is 0.869. The summed E-state index contributed by atoms with van der Waals surface area (Å²) in [5.41, 5.74) is 2.39. The van der Waals surface area contributed by atoms with Crippen molar-refractivity contribution in [1.82, 2.24) is 10.3 Å². The van der Waals surface area contributed by atoms with Crippen LogP contribution in [0.2, 0.25) is 0 Å². The van der Waals surface area contributed by atoms with Crippen LogP contribution < -0.4 is 5.32 Å². The fraction of sp³-hybridized carbons (Fsp3) is 0.643. The maximum absolute atomic E-state index is 4.43. The van der Waals surface area contributed by atoms with Gasteiger partial charge in [-0.1, -0.05) is 13.0 Å². The van der Waals surface area contributed by atoms with E-state index >= 15 is 0 Å². The number of hydrogen-bond acceptors (Lipinski definition) is 3. The van der Waals surface area contributed by atoms with E-state index < -0.39 is 0 Å². The molecule has 94 valence electrons. The number of rotatable bonds is 5. The minimum atomic E-state index is 0.696. The molecular formula is C14H22N2S. The average molecular weight is 250 g/mol. The zero-order valence-corrected chi connectivity index (χ0v) is 11.6. The molecule has 0 amide bonds. The normalized spacial score (nSPS) is 24.1. The molecule has 2 nitrogen and oxygen atoms in total. The van der Waals surface area contributed by atoms with Gasteiger partial charge in [-0.05, 0) is 43.6 Å². The highest BCUT2D eigenvalue weighted by atomic mass is 32.2. The Hall–Kier alpha value is -0.540. The molecule has 1 aromatic heterocycles. The van der Waals surface area contributed by atoms with Gasteiger partial charge in [-0.2, -0.15) is 11.8 Å². The van der Waals surface area contributed by atoms with Crippen LogP contribution in [-0.2, 0) is 6.54 Å². The van der Waals surface area contributed by atoms with Crippen LogP contribution in [-0.4, -0.2) is 22.0 Å². The highest BCUT2D eigenvalue weighted by Crippen LogP contribution is 2.29. The minimum absolute atomic E-state index is 0.696. The Morgan fingerprint density at radius 1 is 1.41 bits per heavy atom. The molecule has 0 bridgehead atoms. The predicted molar refractivity (Wildman–Crippen MR) is 75.4 cm³/mol. The van der Waals surface area contributed by atoms with Gasteiger partial charge in [0.2, 0.25) is 0 Å². The van der Waals surface area contributed by atoms with Crippen molar-refractivity contribution in [3.05, 3.63) is 29.6 Å². The van der Waals surface area contributed by atoms with Gasteiger partial charge in [0.15, 0.2) is 0 Å². The lowest BCUT2D eigenvalue weighted by Gasteiger charge is -2.12. The van der Waals surface area contributed by atoms with Crippen LogP contribution in [0.5, 0.6) is 0 Å². The van der Waals surface area contributed by atoms with Crippen LogP contribution in [0.25, 0.3) is 0 Å². The second-order valence-electron chi connectivity index (χ2n) is 4.80. The first-order valence-corrected chi connectivity index (χ1v) is 7.59. The standard InChI is InChI=1S/C14H22N2S/c1-3-17-14-7-6-12(8-14)16-10-13-5-4-11(2)9-15-13/h4-5,9,12,14,16H,3,6-8,10H2,1-2H3. The van der Waals surface area contributed by atoms with Crippen LogP contribution in [0.1, 0.15) is 37.4 Å². The molecule has 0 aromatic carbocycles. The van der Waals surface area contributed by atoms with Crippen molar-refractivity contribution in [1.29, 1.82) is 0 Å². The molecule has 1 aliphatic carbocycles. The van der Waals surface area contributed by atoms with E-state index in [9.17, 15) is 0 Å². The summed E-state index contributed by atoms with van der Waals surface area (Å²) in [5, 5.41) is 4.51. The Bertz CT molecular complexity index is 337. The van der Waals surface area contributed by atoms with Gasteiger partial charge < -0.3 is 5.32 Å². The van der Waals surface area contributed by atoms with Gasteiger partial charge in [0.25, 0.3) is 0 Å². The van der Waals surface area contributed by atoms with Gasteiger partial charge in [-0.3, -0.25) is 4.98 Å². The lowest BCUT2D eigenvalue weighted by molar-refractivity contribution is 0.520. The average Bonchev–Trinajstić information content (AvgIpc) is 2.77. The van der Waals surface area contributed by atoms with Gasteiger partial charge in [-0.25, -0.2) is 0 Å². The van der Waals surface area contributed by atoms with Crippen LogP contribution in [0, 0.1) is 6.92 Å². The molecule has 2 rings (SSSR count). The van der Waals surface area contributed by atoms with Crippen molar-refractivity contribution in [2.45, 2.75) is 50.9 Å². The van der Waals surface area contributed by atoms with E-state index in [1.54, 1.807) is 0 Å². The number of hydrogen-bond donors (Lipinski definition) is 1. The van der Waals surface area contributed by atoms with Gasteiger partial charge in [0.1, 0.15) is 0 Å². The summed E-state index contributed by atoms with van der Waals surface area (Å²) in [4.78, 5) is 4.43. The summed E-state index contributed by atoms with van der Waals surface area (Å²) >= 11 is 2.11. The van der Waals surface area contributed by atoms with Crippen LogP contribution in [0.3, 0.4) is 0 Å². The molecule has 1 aliphatic rings. The molecule has 1 saturated carbocycles. The number of aryl methyl sites for hydroxylation is 1. The highest BCUT2D eigenvalue weighted by molar-refractivity contribution is 7.99. The van der Waals surface area contributed by atoms with Crippen molar-refractivity contribution in [3.8, 4) is 0 Å². The van der Waals surface area contributed by atoms with E-state index in [-0.39, 0.29) is 0 Å². The number of thioether (sulfide) groups is 1. The zero-order valence-electron chi connectivity index (χ0n) is 10.8. The Balaban J connectivity index is 1.74. The second kappa shape index (κ2) is 6.41. The number of aromatic nitrogens is 1. The first kappa shape index (κ1) is 12.9. The van der Waals surface area contributed by atoms with Gasteiger partial charge in [-0.15, -0.1) is 0 Å². The van der Waals surface area contributed by atoms with E-state index in [0.717, 1.165) is 17.5 Å². The fourth-order valence-corrected chi connectivity index (χ4v) is 3.51. The van der Waals surface area contributed by atoms with Crippen molar-refractivity contribution in [3.63, 3.8) is 0 Å². The summed E-state index contributed by atoms with van der Waals surface area (Å²) in [6, 6.07) is 4.95. The molecule has 1 N–H and O–H groups in total. The molecule has 3 heteroatoms. The Labute approximate surface area is 109 Å². The third kappa shape index (κ3) is 4.00. The predicted octanol–water partition coefficient (Wildman–Crippen LogP) is 3.15. The van der Waals surface area contributed by atoms with E-state index in [2.05, 4.69) is 48.0 Å². The summed E-state index contributed by atoms with van der Waals surface area (Å²) in [7, 11) is 0. The molecule has 0 saturated heterocycles. The lowest BCUT2D eigenvalue weighted by atomic mass is 10.2. The largest absolute Gasteiger partial charge is 0.308 e. The number of nitrogens with one attached hydrogen (secondary N) is 1. The SMILES string of the molecule is CCSC1CCC(NCc2ccc(C)cn2)C1. The monoisotopic (exact) mass is 250 g/mol. The molecule has 1 fully saturated rings. The van der Waals surface area contributed by atoms with Crippen LogP contribution in [0.15, 0.2) is 18.3 Å². The van der Waals surface area contributed by atoms with E-state index in [0.29, 0.717) is 6.04 Å².